The van der Waals surface area contributed by atoms with Gasteiger partial charge in [-0.1, -0.05) is 25.3 Å². The average Bonchev–Trinajstić information content (AvgIpc) is 3.50. The van der Waals surface area contributed by atoms with Gasteiger partial charge >= 0.3 is 0 Å². The van der Waals surface area contributed by atoms with Gasteiger partial charge in [-0.15, -0.1) is 0 Å². The van der Waals surface area contributed by atoms with Crippen LogP contribution in [0.5, 0.6) is 11.5 Å². The lowest BCUT2D eigenvalue weighted by atomic mass is 9.69. The number of hydrogen-bond acceptors (Lipinski definition) is 5. The summed E-state index contributed by atoms with van der Waals surface area (Å²) in [6, 6.07) is 6.44. The Balaban J connectivity index is 1.25. The van der Waals surface area contributed by atoms with Crippen molar-refractivity contribution in [2.45, 2.75) is 50.4 Å². The molecule has 1 saturated heterocycles. The van der Waals surface area contributed by atoms with Gasteiger partial charge in [0, 0.05) is 44.7 Å². The highest BCUT2D eigenvalue weighted by atomic mass is 16.7. The van der Waals surface area contributed by atoms with Crippen molar-refractivity contribution in [2.24, 2.45) is 10.9 Å². The largest absolute Gasteiger partial charge is 0.454 e. The second-order valence-electron chi connectivity index (χ2n) is 8.92. The zero-order valence-electron chi connectivity index (χ0n) is 18.8. The number of rotatable bonds is 9. The molecule has 2 aliphatic heterocycles. The Morgan fingerprint density at radius 2 is 2.03 bits per heavy atom. The van der Waals surface area contributed by atoms with Gasteiger partial charge < -0.3 is 29.6 Å². The van der Waals surface area contributed by atoms with E-state index >= 15 is 0 Å². The molecule has 2 heterocycles. The molecular weight excluding hydrogens is 394 g/mol. The first-order chi connectivity index (χ1) is 15.3. The summed E-state index contributed by atoms with van der Waals surface area (Å²) >= 11 is 0. The second kappa shape index (κ2) is 11.0. The fraction of sp³-hybridized carbons (Fsp3) is 0.708. The molecule has 3 aliphatic rings. The van der Waals surface area contributed by atoms with E-state index in [1.165, 1.54) is 37.7 Å². The van der Waals surface area contributed by atoms with Crippen LogP contribution < -0.4 is 20.1 Å². The fourth-order valence-electron chi connectivity index (χ4n) is 4.84. The van der Waals surface area contributed by atoms with Crippen LogP contribution in [0.15, 0.2) is 23.2 Å². The molecule has 1 atom stereocenters. The zero-order chi connectivity index (χ0) is 21.4. The van der Waals surface area contributed by atoms with E-state index in [9.17, 15) is 0 Å². The predicted octanol–water partition coefficient (Wildman–Crippen LogP) is 3.23. The Morgan fingerprint density at radius 3 is 2.84 bits per heavy atom. The minimum absolute atomic E-state index is 0.101. The summed E-state index contributed by atoms with van der Waals surface area (Å²) in [5, 5.41) is 7.03. The van der Waals surface area contributed by atoms with E-state index in [2.05, 4.69) is 33.8 Å². The van der Waals surface area contributed by atoms with Gasteiger partial charge in [0.05, 0.1) is 13.2 Å². The van der Waals surface area contributed by atoms with Gasteiger partial charge in [0.1, 0.15) is 0 Å². The van der Waals surface area contributed by atoms with Crippen LogP contribution in [0.25, 0.3) is 0 Å². The van der Waals surface area contributed by atoms with Gasteiger partial charge in [-0.05, 0) is 43.4 Å². The Kier molecular flexibility index (Phi) is 7.92. The fourth-order valence-corrected chi connectivity index (χ4v) is 4.84. The summed E-state index contributed by atoms with van der Waals surface area (Å²) in [5.74, 6) is 3.15. The molecule has 4 rings (SSSR count). The topological polar surface area (TPSA) is 73.3 Å². The molecule has 2 fully saturated rings. The summed E-state index contributed by atoms with van der Waals surface area (Å²) < 4.78 is 22.3. The first-order valence-electron chi connectivity index (χ1n) is 11.8. The summed E-state index contributed by atoms with van der Waals surface area (Å²) in [6.45, 7) is 5.33. The third-order valence-electron chi connectivity index (χ3n) is 6.75. The number of guanidine groups is 1. The highest BCUT2D eigenvalue weighted by molar-refractivity contribution is 5.79. The van der Waals surface area contributed by atoms with Gasteiger partial charge in [0.15, 0.2) is 17.5 Å². The molecule has 7 nitrogen and oxygen atoms in total. The van der Waals surface area contributed by atoms with Crippen molar-refractivity contribution in [3.8, 4) is 11.5 Å². The molecule has 2 N–H and O–H groups in total. The Hall–Kier alpha value is -1.99. The summed E-state index contributed by atoms with van der Waals surface area (Å²) in [6.07, 6.45) is 8.26. The minimum atomic E-state index is 0.101. The molecular formula is C24H37N3O4. The number of benzene rings is 1. The van der Waals surface area contributed by atoms with Gasteiger partial charge in [0.2, 0.25) is 6.79 Å². The predicted molar refractivity (Wildman–Crippen MR) is 121 cm³/mol. The number of nitrogens with zero attached hydrogens (tertiary/aromatic N) is 1. The number of hydrogen-bond donors (Lipinski definition) is 2. The van der Waals surface area contributed by atoms with E-state index in [0.29, 0.717) is 12.7 Å². The molecule has 1 unspecified atom stereocenters. The molecule has 7 heteroatoms. The number of aliphatic imine (C=N–C) groups is 1. The van der Waals surface area contributed by atoms with Crippen molar-refractivity contribution in [2.75, 3.05) is 53.4 Å². The van der Waals surface area contributed by atoms with Crippen LogP contribution in [0.2, 0.25) is 0 Å². The van der Waals surface area contributed by atoms with Crippen LogP contribution >= 0.6 is 0 Å². The van der Waals surface area contributed by atoms with Crippen LogP contribution in [-0.2, 0) is 14.9 Å². The monoisotopic (exact) mass is 431 g/mol. The maximum Gasteiger partial charge on any atom is 0.231 e. The Bertz CT molecular complexity index is 728. The van der Waals surface area contributed by atoms with E-state index in [1.807, 2.05) is 7.05 Å². The molecule has 0 aromatic heterocycles. The number of nitrogens with one attached hydrogen (secondary N) is 2. The van der Waals surface area contributed by atoms with Crippen LogP contribution in [0.4, 0.5) is 0 Å². The van der Waals surface area contributed by atoms with Crippen molar-refractivity contribution < 1.29 is 18.9 Å². The van der Waals surface area contributed by atoms with Crippen LogP contribution in [0, 0.1) is 5.92 Å². The second-order valence-corrected chi connectivity index (χ2v) is 8.92. The molecule has 0 radical (unpaired) electrons. The van der Waals surface area contributed by atoms with Gasteiger partial charge in [-0.25, -0.2) is 0 Å². The van der Waals surface area contributed by atoms with Crippen molar-refractivity contribution >= 4 is 5.96 Å². The molecule has 1 aliphatic carbocycles. The van der Waals surface area contributed by atoms with E-state index in [1.54, 1.807) is 0 Å². The molecule has 1 aromatic carbocycles. The van der Waals surface area contributed by atoms with Crippen molar-refractivity contribution in [3.05, 3.63) is 23.8 Å². The quantitative estimate of drug-likeness (QED) is 0.355. The number of ether oxygens (including phenoxy) is 4. The first kappa shape index (κ1) is 22.2. The normalized spacial score (nSPS) is 22.5. The Morgan fingerprint density at radius 1 is 1.16 bits per heavy atom. The molecule has 0 spiro atoms. The van der Waals surface area contributed by atoms with Crippen molar-refractivity contribution in [3.63, 3.8) is 0 Å². The van der Waals surface area contributed by atoms with E-state index in [-0.39, 0.29) is 5.41 Å². The smallest absolute Gasteiger partial charge is 0.231 e. The first-order valence-corrected chi connectivity index (χ1v) is 11.8. The standard InChI is InChI=1S/C24H37N3O4/c1-25-23(26-11-5-12-28-15-19-8-13-29-16-19)27-17-24(9-3-2-4-10-24)20-6-7-21-22(14-20)31-18-30-21/h6-7,14,19H,2-5,8-13,15-18H2,1H3,(H2,25,26,27). The van der Waals surface area contributed by atoms with Gasteiger partial charge in [0.25, 0.3) is 0 Å². The Labute approximate surface area is 185 Å². The zero-order valence-corrected chi connectivity index (χ0v) is 18.8. The third-order valence-corrected chi connectivity index (χ3v) is 6.75. The van der Waals surface area contributed by atoms with E-state index < -0.39 is 0 Å². The maximum atomic E-state index is 5.80. The van der Waals surface area contributed by atoms with Crippen molar-refractivity contribution in [1.82, 2.24) is 10.6 Å². The van der Waals surface area contributed by atoms with Crippen molar-refractivity contribution in [1.29, 1.82) is 0 Å². The third kappa shape index (κ3) is 5.83. The van der Waals surface area contributed by atoms with Gasteiger partial charge in [-0.2, -0.15) is 0 Å². The SMILES string of the molecule is CN=C(NCCCOCC1CCOC1)NCC1(c2ccc3c(c2)OCO3)CCCCC1. The van der Waals surface area contributed by atoms with E-state index in [4.69, 9.17) is 18.9 Å². The minimum Gasteiger partial charge on any atom is -0.454 e. The molecule has 1 aromatic rings. The lowest BCUT2D eigenvalue weighted by Crippen LogP contribution is -2.46. The summed E-state index contributed by atoms with van der Waals surface area (Å²) in [4.78, 5) is 4.43. The molecule has 172 valence electrons. The maximum absolute atomic E-state index is 5.80. The van der Waals surface area contributed by atoms with Crippen LogP contribution in [0.3, 0.4) is 0 Å². The highest BCUT2D eigenvalue weighted by Gasteiger charge is 2.35. The van der Waals surface area contributed by atoms with Crippen LogP contribution in [-0.4, -0.2) is 59.3 Å². The number of fused-ring (bicyclic) bond motifs is 1. The molecule has 31 heavy (non-hydrogen) atoms. The lowest BCUT2D eigenvalue weighted by Gasteiger charge is -2.38. The lowest BCUT2D eigenvalue weighted by molar-refractivity contribution is 0.0888. The molecule has 1 saturated carbocycles. The highest BCUT2D eigenvalue weighted by Crippen LogP contribution is 2.43. The molecule has 0 bridgehead atoms. The molecule has 0 amide bonds. The average molecular weight is 432 g/mol. The van der Waals surface area contributed by atoms with Gasteiger partial charge in [-0.3, -0.25) is 4.99 Å². The van der Waals surface area contributed by atoms with E-state index in [0.717, 1.165) is 69.8 Å². The summed E-state index contributed by atoms with van der Waals surface area (Å²) in [5.41, 5.74) is 1.44. The van der Waals surface area contributed by atoms with Crippen LogP contribution in [0.1, 0.15) is 50.5 Å². The summed E-state index contributed by atoms with van der Waals surface area (Å²) in [7, 11) is 1.83.